The highest BCUT2D eigenvalue weighted by Gasteiger charge is 2.36. The molecule has 1 aliphatic heterocycles. The summed E-state index contributed by atoms with van der Waals surface area (Å²) in [6.07, 6.45) is 0.508. The zero-order chi connectivity index (χ0) is 34.3. The van der Waals surface area contributed by atoms with Crippen LogP contribution in [0.25, 0.3) is 5.69 Å². The lowest BCUT2D eigenvalue weighted by Crippen LogP contribution is -2.29. The van der Waals surface area contributed by atoms with Crippen LogP contribution in [-0.4, -0.2) is 71.5 Å². The molecule has 0 saturated carbocycles. The smallest absolute Gasteiger partial charge is 0.255 e. The predicted octanol–water partition coefficient (Wildman–Crippen LogP) is 5.76. The normalized spacial score (nSPS) is 13.9. The topological polar surface area (TPSA) is 129 Å². The monoisotopic (exact) mass is 698 g/mol. The van der Waals surface area contributed by atoms with E-state index in [9.17, 15) is 9.59 Å². The molecule has 49 heavy (non-hydrogen) atoms. The van der Waals surface area contributed by atoms with Gasteiger partial charge in [0, 0.05) is 12.0 Å². The van der Waals surface area contributed by atoms with Gasteiger partial charge >= 0.3 is 0 Å². The molecule has 3 heterocycles. The van der Waals surface area contributed by atoms with Crippen LogP contribution in [0, 0.1) is 0 Å². The second kappa shape index (κ2) is 15.3. The number of aromatic nitrogens is 3. The van der Waals surface area contributed by atoms with E-state index < -0.39 is 6.04 Å². The lowest BCUT2D eigenvalue weighted by Gasteiger charge is -2.24. The van der Waals surface area contributed by atoms with Crippen LogP contribution in [0.1, 0.15) is 39.1 Å². The second-order valence-corrected chi connectivity index (χ2v) is 12.5. The molecule has 1 N–H and O–H groups in total. The van der Waals surface area contributed by atoms with Crippen LogP contribution >= 0.6 is 23.1 Å². The number of hydrazone groups is 1. The number of nitrogens with zero attached hydrogens (tertiary/aromatic N) is 5. The Labute approximate surface area is 291 Å². The third kappa shape index (κ3) is 6.96. The summed E-state index contributed by atoms with van der Waals surface area (Å²) < 4.78 is 24.1. The minimum atomic E-state index is -0.414. The SMILES string of the molecule is COc1ccccc1C(=O)NCc1nnc(SCC(=O)N2N=C(c3cccs3)CC2c2cccc(OC)c2OC)n1-c1ccccc1OC. The quantitative estimate of drug-likeness (QED) is 0.153. The molecule has 0 bridgehead atoms. The maximum Gasteiger partial charge on any atom is 0.255 e. The van der Waals surface area contributed by atoms with Crippen LogP contribution in [0.15, 0.2) is 94.5 Å². The number of para-hydroxylation sites is 4. The summed E-state index contributed by atoms with van der Waals surface area (Å²) >= 11 is 2.79. The molecule has 0 radical (unpaired) electrons. The first kappa shape index (κ1) is 33.6. The van der Waals surface area contributed by atoms with Crippen LogP contribution < -0.4 is 24.3 Å². The van der Waals surface area contributed by atoms with E-state index in [1.807, 2.05) is 60.0 Å². The Kier molecular flexibility index (Phi) is 10.4. The first-order valence-corrected chi connectivity index (χ1v) is 17.1. The zero-order valence-electron chi connectivity index (χ0n) is 27.3. The van der Waals surface area contributed by atoms with Crippen molar-refractivity contribution in [3.63, 3.8) is 0 Å². The molecular formula is C35H34N6O6S2. The highest BCUT2D eigenvalue weighted by atomic mass is 32.2. The molecule has 5 aromatic rings. The first-order chi connectivity index (χ1) is 24.0. The Morgan fingerprint density at radius 1 is 0.857 bits per heavy atom. The van der Waals surface area contributed by atoms with Crippen LogP contribution in [0.5, 0.6) is 23.0 Å². The van der Waals surface area contributed by atoms with E-state index in [1.54, 1.807) is 61.5 Å². The van der Waals surface area contributed by atoms with Crippen molar-refractivity contribution in [2.24, 2.45) is 5.10 Å². The highest BCUT2D eigenvalue weighted by Crippen LogP contribution is 2.42. The van der Waals surface area contributed by atoms with Crippen molar-refractivity contribution >= 4 is 40.6 Å². The number of nitrogens with one attached hydrogen (secondary N) is 1. The Hall–Kier alpha value is -5.34. The molecule has 14 heteroatoms. The lowest BCUT2D eigenvalue weighted by molar-refractivity contribution is -0.130. The zero-order valence-corrected chi connectivity index (χ0v) is 28.9. The molecule has 1 unspecified atom stereocenters. The summed E-state index contributed by atoms with van der Waals surface area (Å²) in [6, 6.07) is 23.6. The lowest BCUT2D eigenvalue weighted by atomic mass is 9.99. The molecule has 0 aliphatic carbocycles. The Morgan fingerprint density at radius 2 is 1.59 bits per heavy atom. The average Bonchev–Trinajstić information content (AvgIpc) is 3.93. The van der Waals surface area contributed by atoms with Gasteiger partial charge in [-0.1, -0.05) is 54.2 Å². The number of thioether (sulfide) groups is 1. The standard InChI is InChI=1S/C35H34N6O6S2/c1-44-27-14-7-5-11-23(27)34(43)36-20-31-37-38-35(40(31)25-13-6-8-15-28(25)45-2)49-21-32(42)41-26(19-24(39-41)30-17-10-18-48-30)22-12-9-16-29(46-3)33(22)47-4/h5-18,26H,19-21H2,1-4H3,(H,36,43). The van der Waals surface area contributed by atoms with Crippen LogP contribution in [0.3, 0.4) is 0 Å². The molecule has 0 saturated heterocycles. The van der Waals surface area contributed by atoms with Gasteiger partial charge in [-0.15, -0.1) is 21.5 Å². The molecule has 1 atom stereocenters. The summed E-state index contributed by atoms with van der Waals surface area (Å²) in [6.45, 7) is 0.0503. The molecule has 0 fully saturated rings. The van der Waals surface area contributed by atoms with E-state index in [4.69, 9.17) is 24.0 Å². The molecule has 2 aromatic heterocycles. The number of ether oxygens (including phenoxy) is 4. The summed E-state index contributed by atoms with van der Waals surface area (Å²) in [5.41, 5.74) is 2.66. The third-order valence-corrected chi connectivity index (χ3v) is 9.71. The van der Waals surface area contributed by atoms with Gasteiger partial charge in [0.15, 0.2) is 22.5 Å². The van der Waals surface area contributed by atoms with Crippen molar-refractivity contribution in [1.82, 2.24) is 25.1 Å². The van der Waals surface area contributed by atoms with Gasteiger partial charge in [0.25, 0.3) is 11.8 Å². The molecule has 2 amide bonds. The van der Waals surface area contributed by atoms with Gasteiger partial charge in [-0.25, -0.2) is 5.01 Å². The predicted molar refractivity (Wildman–Crippen MR) is 187 cm³/mol. The summed E-state index contributed by atoms with van der Waals surface area (Å²) in [5.74, 6) is 2.04. The van der Waals surface area contributed by atoms with E-state index in [0.29, 0.717) is 51.7 Å². The van der Waals surface area contributed by atoms with Crippen molar-refractivity contribution in [3.8, 4) is 28.7 Å². The molecule has 1 aliphatic rings. The van der Waals surface area contributed by atoms with Crippen LogP contribution in [-0.2, 0) is 11.3 Å². The van der Waals surface area contributed by atoms with E-state index >= 15 is 0 Å². The van der Waals surface area contributed by atoms with Gasteiger partial charge in [-0.3, -0.25) is 14.2 Å². The average molecular weight is 699 g/mol. The first-order valence-electron chi connectivity index (χ1n) is 15.2. The summed E-state index contributed by atoms with van der Waals surface area (Å²) in [5, 5.41) is 20.5. The fraction of sp³-hybridized carbons (Fsp3) is 0.229. The Balaban J connectivity index is 1.29. The van der Waals surface area contributed by atoms with E-state index in [2.05, 4.69) is 15.5 Å². The number of benzene rings is 3. The van der Waals surface area contributed by atoms with Gasteiger partial charge in [-0.05, 0) is 41.8 Å². The fourth-order valence-electron chi connectivity index (χ4n) is 5.59. The van der Waals surface area contributed by atoms with Gasteiger partial charge in [0.05, 0.1) is 68.6 Å². The van der Waals surface area contributed by atoms with E-state index in [1.165, 1.54) is 23.9 Å². The molecular weight excluding hydrogens is 665 g/mol. The molecule has 6 rings (SSSR count). The van der Waals surface area contributed by atoms with Crippen LogP contribution in [0.4, 0.5) is 0 Å². The van der Waals surface area contributed by atoms with E-state index in [-0.39, 0.29) is 24.1 Å². The number of carbonyl (C=O) groups excluding carboxylic acids is 2. The van der Waals surface area contributed by atoms with Gasteiger partial charge in [0.2, 0.25) is 0 Å². The fourth-order valence-corrected chi connectivity index (χ4v) is 7.13. The highest BCUT2D eigenvalue weighted by molar-refractivity contribution is 7.99. The number of hydrogen-bond acceptors (Lipinski definition) is 11. The van der Waals surface area contributed by atoms with Crippen molar-refractivity contribution in [2.75, 3.05) is 34.2 Å². The molecule has 12 nitrogen and oxygen atoms in total. The summed E-state index contributed by atoms with van der Waals surface area (Å²) in [4.78, 5) is 28.2. The number of rotatable bonds is 13. The second-order valence-electron chi connectivity index (χ2n) is 10.6. The molecule has 252 valence electrons. The van der Waals surface area contributed by atoms with Gasteiger partial charge in [-0.2, -0.15) is 5.10 Å². The third-order valence-electron chi connectivity index (χ3n) is 7.87. The van der Waals surface area contributed by atoms with Crippen molar-refractivity contribution < 1.29 is 28.5 Å². The summed E-state index contributed by atoms with van der Waals surface area (Å²) in [7, 11) is 6.26. The number of methoxy groups -OCH3 is 4. The number of thiophene rings is 1. The minimum absolute atomic E-state index is 0.00482. The Bertz CT molecular complexity index is 1980. The van der Waals surface area contributed by atoms with Gasteiger partial charge in [0.1, 0.15) is 11.5 Å². The van der Waals surface area contributed by atoms with Crippen molar-refractivity contribution in [2.45, 2.75) is 24.2 Å². The van der Waals surface area contributed by atoms with Gasteiger partial charge < -0.3 is 24.3 Å². The number of carbonyl (C=O) groups is 2. The number of hydrogen-bond donors (Lipinski definition) is 1. The largest absolute Gasteiger partial charge is 0.496 e. The Morgan fingerprint density at radius 3 is 2.33 bits per heavy atom. The van der Waals surface area contributed by atoms with E-state index in [0.717, 1.165) is 16.2 Å². The van der Waals surface area contributed by atoms with Crippen molar-refractivity contribution in [3.05, 3.63) is 106 Å². The maximum absolute atomic E-state index is 14.1. The maximum atomic E-state index is 14.1. The van der Waals surface area contributed by atoms with Crippen molar-refractivity contribution in [1.29, 1.82) is 0 Å². The number of amides is 2. The molecule has 0 spiro atoms. The minimum Gasteiger partial charge on any atom is -0.496 e. The molecule has 3 aromatic carbocycles. The van der Waals surface area contributed by atoms with Crippen LogP contribution in [0.2, 0.25) is 0 Å².